The van der Waals surface area contributed by atoms with E-state index in [1.807, 2.05) is 0 Å². The average molecular weight is 202 g/mol. The van der Waals surface area contributed by atoms with Crippen molar-refractivity contribution in [3.05, 3.63) is 0 Å². The van der Waals surface area contributed by atoms with Crippen LogP contribution in [-0.4, -0.2) is 51.2 Å². The van der Waals surface area contributed by atoms with Crippen LogP contribution in [0.1, 0.15) is 13.8 Å². The van der Waals surface area contributed by atoms with Crippen LogP contribution in [0.5, 0.6) is 0 Å². The second-order valence-corrected chi connectivity index (χ2v) is 3.84. The summed E-state index contributed by atoms with van der Waals surface area (Å²) in [7, 11) is 2.11. The van der Waals surface area contributed by atoms with Crippen LogP contribution >= 0.6 is 0 Å². The predicted molar refractivity (Wildman–Crippen MR) is 57.2 cm³/mol. The van der Waals surface area contributed by atoms with Crippen molar-refractivity contribution in [2.24, 2.45) is 5.92 Å². The van der Waals surface area contributed by atoms with Crippen LogP contribution in [0.2, 0.25) is 0 Å². The van der Waals surface area contributed by atoms with Crippen molar-refractivity contribution in [3.63, 3.8) is 0 Å². The van der Waals surface area contributed by atoms with Gasteiger partial charge in [0.1, 0.15) is 0 Å². The molecule has 0 aliphatic carbocycles. The molecule has 0 spiro atoms. The smallest absolute Gasteiger partial charge is 0.207 e. The fourth-order valence-electron chi connectivity index (χ4n) is 0.938. The second kappa shape index (κ2) is 8.97. The molecule has 1 rings (SSSR count). The highest BCUT2D eigenvalue weighted by atomic mass is 16.5. The number of carbonyl (C=O) groups excluding carboxylic acids is 1. The normalized spacial score (nSPS) is 17.1. The molecule has 0 atom stereocenters. The van der Waals surface area contributed by atoms with E-state index in [1.165, 1.54) is 0 Å². The summed E-state index contributed by atoms with van der Waals surface area (Å²) in [5.41, 5.74) is 0. The Labute approximate surface area is 86.6 Å². The highest BCUT2D eigenvalue weighted by Gasteiger charge is 2.02. The SMILES string of the molecule is CC(C)CNC=O.CN1CCOCC1. The molecule has 0 aromatic heterocycles. The lowest BCUT2D eigenvalue weighted by Crippen LogP contribution is -2.32. The Morgan fingerprint density at radius 1 is 1.43 bits per heavy atom. The van der Waals surface area contributed by atoms with E-state index >= 15 is 0 Å². The molecule has 1 amide bonds. The molecule has 0 unspecified atom stereocenters. The lowest BCUT2D eigenvalue weighted by Gasteiger charge is -2.21. The van der Waals surface area contributed by atoms with Crippen molar-refractivity contribution >= 4 is 6.41 Å². The molecule has 1 aliphatic heterocycles. The Bertz CT molecular complexity index is 134. The molecule has 0 bridgehead atoms. The Kier molecular flexibility index (Phi) is 8.57. The maximum atomic E-state index is 9.60. The minimum absolute atomic E-state index is 0.560. The van der Waals surface area contributed by atoms with E-state index in [4.69, 9.17) is 4.74 Å². The van der Waals surface area contributed by atoms with Gasteiger partial charge in [0, 0.05) is 19.6 Å². The molecule has 1 saturated heterocycles. The average Bonchev–Trinajstić information content (AvgIpc) is 2.17. The van der Waals surface area contributed by atoms with Crippen LogP contribution in [-0.2, 0) is 9.53 Å². The van der Waals surface area contributed by atoms with Crippen LogP contribution in [0, 0.1) is 5.92 Å². The van der Waals surface area contributed by atoms with Crippen LogP contribution in [0.3, 0.4) is 0 Å². The summed E-state index contributed by atoms with van der Waals surface area (Å²) in [6, 6.07) is 0. The standard InChI is InChI=1S/2C5H11NO/c1-6-2-4-7-5-3-6;1-5(2)3-6-4-7/h2-5H2,1H3;4-5H,3H2,1-2H3,(H,6,7). The summed E-state index contributed by atoms with van der Waals surface area (Å²) in [5, 5.41) is 2.57. The van der Waals surface area contributed by atoms with Gasteiger partial charge in [0.25, 0.3) is 0 Å². The maximum absolute atomic E-state index is 9.60. The zero-order valence-corrected chi connectivity index (χ0v) is 9.45. The molecular formula is C10H22N2O2. The number of nitrogens with one attached hydrogen (secondary N) is 1. The number of ether oxygens (including phenoxy) is 1. The number of hydrogen-bond acceptors (Lipinski definition) is 3. The molecular weight excluding hydrogens is 180 g/mol. The van der Waals surface area contributed by atoms with Gasteiger partial charge in [0.2, 0.25) is 6.41 Å². The minimum atomic E-state index is 0.560. The molecule has 0 aromatic rings. The first-order valence-corrected chi connectivity index (χ1v) is 5.10. The Morgan fingerprint density at radius 2 is 2.00 bits per heavy atom. The van der Waals surface area contributed by atoms with Crippen LogP contribution in [0.4, 0.5) is 0 Å². The molecule has 84 valence electrons. The van der Waals surface area contributed by atoms with Crippen LogP contribution in [0.15, 0.2) is 0 Å². The topological polar surface area (TPSA) is 41.6 Å². The van der Waals surface area contributed by atoms with Gasteiger partial charge in [-0.15, -0.1) is 0 Å². The zero-order chi connectivity index (χ0) is 10.8. The van der Waals surface area contributed by atoms with Crippen molar-refractivity contribution in [1.29, 1.82) is 0 Å². The molecule has 14 heavy (non-hydrogen) atoms. The number of carbonyl (C=O) groups is 1. The molecule has 4 heteroatoms. The van der Waals surface area contributed by atoms with Gasteiger partial charge >= 0.3 is 0 Å². The van der Waals surface area contributed by atoms with Crippen molar-refractivity contribution in [2.75, 3.05) is 39.9 Å². The molecule has 0 radical (unpaired) electrons. The largest absolute Gasteiger partial charge is 0.379 e. The first-order chi connectivity index (χ1) is 6.66. The van der Waals surface area contributed by atoms with E-state index in [2.05, 4.69) is 31.1 Å². The Balaban J connectivity index is 0.000000241. The lowest BCUT2D eigenvalue weighted by molar-refractivity contribution is -0.109. The highest BCUT2D eigenvalue weighted by Crippen LogP contribution is 1.89. The van der Waals surface area contributed by atoms with Crippen molar-refractivity contribution in [1.82, 2.24) is 10.2 Å². The zero-order valence-electron chi connectivity index (χ0n) is 9.45. The molecule has 4 nitrogen and oxygen atoms in total. The Morgan fingerprint density at radius 3 is 2.21 bits per heavy atom. The summed E-state index contributed by atoms with van der Waals surface area (Å²) in [6.45, 7) is 8.91. The van der Waals surface area contributed by atoms with Gasteiger partial charge in [0.15, 0.2) is 0 Å². The first-order valence-electron chi connectivity index (χ1n) is 5.10. The second-order valence-electron chi connectivity index (χ2n) is 3.84. The van der Waals surface area contributed by atoms with Gasteiger partial charge in [-0.3, -0.25) is 4.79 Å². The number of amides is 1. The van der Waals surface area contributed by atoms with Gasteiger partial charge < -0.3 is 15.0 Å². The highest BCUT2D eigenvalue weighted by molar-refractivity contribution is 5.45. The summed E-state index contributed by atoms with van der Waals surface area (Å²) in [6.07, 6.45) is 0.722. The number of hydrogen-bond donors (Lipinski definition) is 1. The van der Waals surface area contributed by atoms with Crippen molar-refractivity contribution < 1.29 is 9.53 Å². The fraction of sp³-hybridized carbons (Fsp3) is 0.900. The van der Waals surface area contributed by atoms with E-state index in [9.17, 15) is 4.79 Å². The summed E-state index contributed by atoms with van der Waals surface area (Å²) in [4.78, 5) is 11.9. The van der Waals surface area contributed by atoms with E-state index in [0.29, 0.717) is 5.92 Å². The van der Waals surface area contributed by atoms with Crippen molar-refractivity contribution in [2.45, 2.75) is 13.8 Å². The van der Waals surface area contributed by atoms with E-state index < -0.39 is 0 Å². The fourth-order valence-corrected chi connectivity index (χ4v) is 0.938. The van der Waals surface area contributed by atoms with Crippen molar-refractivity contribution in [3.8, 4) is 0 Å². The summed E-state index contributed by atoms with van der Waals surface area (Å²) < 4.78 is 5.10. The number of morpholine rings is 1. The molecule has 1 fully saturated rings. The van der Waals surface area contributed by atoms with Gasteiger partial charge in [-0.2, -0.15) is 0 Å². The summed E-state index contributed by atoms with van der Waals surface area (Å²) >= 11 is 0. The van der Waals surface area contributed by atoms with Gasteiger partial charge in [-0.1, -0.05) is 13.8 Å². The third-order valence-electron chi connectivity index (χ3n) is 1.84. The number of likely N-dealkylation sites (N-methyl/N-ethyl adjacent to an activating group) is 1. The Hall–Kier alpha value is -0.610. The first kappa shape index (κ1) is 13.4. The van der Waals surface area contributed by atoms with E-state index in [-0.39, 0.29) is 0 Å². The third kappa shape index (κ3) is 9.48. The van der Waals surface area contributed by atoms with E-state index in [1.54, 1.807) is 0 Å². The maximum Gasteiger partial charge on any atom is 0.207 e. The van der Waals surface area contributed by atoms with Crippen LogP contribution < -0.4 is 5.32 Å². The van der Waals surface area contributed by atoms with E-state index in [0.717, 1.165) is 39.3 Å². The molecule has 0 saturated carbocycles. The summed E-state index contributed by atoms with van der Waals surface area (Å²) in [5.74, 6) is 0.560. The monoisotopic (exact) mass is 202 g/mol. The quantitative estimate of drug-likeness (QED) is 0.671. The molecule has 1 N–H and O–H groups in total. The minimum Gasteiger partial charge on any atom is -0.379 e. The molecule has 0 aromatic carbocycles. The van der Waals surface area contributed by atoms with Crippen LogP contribution in [0.25, 0.3) is 0 Å². The molecule has 1 heterocycles. The van der Waals surface area contributed by atoms with Gasteiger partial charge in [-0.05, 0) is 13.0 Å². The van der Waals surface area contributed by atoms with Gasteiger partial charge in [0.05, 0.1) is 13.2 Å². The van der Waals surface area contributed by atoms with Gasteiger partial charge in [-0.25, -0.2) is 0 Å². The lowest BCUT2D eigenvalue weighted by atomic mass is 10.2. The molecule has 1 aliphatic rings. The number of rotatable bonds is 3. The number of nitrogens with zero attached hydrogens (tertiary/aromatic N) is 1. The predicted octanol–water partition coefficient (Wildman–Crippen LogP) is 0.337. The third-order valence-corrected chi connectivity index (χ3v) is 1.84.